The van der Waals surface area contributed by atoms with Crippen LogP contribution < -0.4 is 32.3 Å². The summed E-state index contributed by atoms with van der Waals surface area (Å²) in [6.45, 7) is 15.0. The van der Waals surface area contributed by atoms with Crippen LogP contribution in [0.5, 0.6) is 0 Å². The van der Waals surface area contributed by atoms with Gasteiger partial charge in [0.25, 0.3) is 17.7 Å². The van der Waals surface area contributed by atoms with Crippen molar-refractivity contribution in [1.29, 1.82) is 0 Å². The van der Waals surface area contributed by atoms with Gasteiger partial charge in [-0.3, -0.25) is 50.6 Å². The summed E-state index contributed by atoms with van der Waals surface area (Å²) in [6, 6.07) is -6.00. The molecule has 0 aromatic rings. The molecule has 11 atom stereocenters. The molecule has 2 saturated heterocycles. The second kappa shape index (κ2) is 27.2. The zero-order valence-electron chi connectivity index (χ0n) is 38.9. The predicted molar refractivity (Wildman–Crippen MR) is 235 cm³/mol. The van der Waals surface area contributed by atoms with E-state index in [1.165, 1.54) is 11.8 Å². The Hall–Kier alpha value is -4.38. The number of aldehydes is 6. The van der Waals surface area contributed by atoms with E-state index in [1.807, 2.05) is 55.4 Å². The number of piperazine rings is 2. The maximum atomic E-state index is 15.2. The Morgan fingerprint density at radius 3 is 1.38 bits per heavy atom. The zero-order chi connectivity index (χ0) is 48.4. The molecule has 0 bridgehead atoms. The Kier molecular flexibility index (Phi) is 23.7. The molecule has 4 amide bonds. The van der Waals surface area contributed by atoms with Gasteiger partial charge in [0.2, 0.25) is 5.91 Å². The normalized spacial score (nSPS) is 21.5. The van der Waals surface area contributed by atoms with Crippen LogP contribution in [0.1, 0.15) is 88.0 Å². The van der Waals surface area contributed by atoms with Crippen molar-refractivity contribution in [1.82, 2.24) is 46.2 Å². The summed E-state index contributed by atoms with van der Waals surface area (Å²) in [4.78, 5) is 137. The van der Waals surface area contributed by atoms with Gasteiger partial charge < -0.3 is 54.4 Å². The molecule has 0 saturated carbocycles. The van der Waals surface area contributed by atoms with Crippen LogP contribution in [-0.4, -0.2) is 186 Å². The molecular weight excluding hydrogens is 833 g/mol. The summed E-state index contributed by atoms with van der Waals surface area (Å²) in [5.74, 6) is -3.24. The van der Waals surface area contributed by atoms with Gasteiger partial charge in [-0.25, -0.2) is 0 Å². The lowest BCUT2D eigenvalue weighted by molar-refractivity contribution is -0.167. The molecule has 21 heteroatoms. The van der Waals surface area contributed by atoms with Crippen molar-refractivity contribution in [2.24, 2.45) is 29.4 Å². The van der Waals surface area contributed by atoms with Gasteiger partial charge in [0.05, 0.1) is 42.4 Å². The molecule has 0 aromatic carbocycles. The smallest absolute Gasteiger partial charge is 0.262 e. The number of nitrogens with two attached hydrogens (primary N) is 1. The molecule has 2 heterocycles. The number of carbonyl (C=O) groups is 10. The summed E-state index contributed by atoms with van der Waals surface area (Å²) < 4.78 is 0. The Bertz CT molecular complexity index is 1580. The number of hydrogen-bond donors (Lipinski definition) is 7. The van der Waals surface area contributed by atoms with Crippen molar-refractivity contribution in [2.45, 2.75) is 155 Å². The van der Waals surface area contributed by atoms with Gasteiger partial charge in [-0.05, 0) is 56.3 Å². The van der Waals surface area contributed by atoms with Gasteiger partial charge in [-0.15, -0.1) is 0 Å². The molecule has 64 heavy (non-hydrogen) atoms. The van der Waals surface area contributed by atoms with Gasteiger partial charge in [0, 0.05) is 32.7 Å². The Morgan fingerprint density at radius 1 is 0.578 bits per heavy atom. The molecule has 0 aliphatic carbocycles. The van der Waals surface area contributed by atoms with Crippen molar-refractivity contribution in [3.8, 4) is 0 Å². The van der Waals surface area contributed by atoms with Crippen molar-refractivity contribution < 1.29 is 53.1 Å². The second-order valence-electron chi connectivity index (χ2n) is 18.4. The highest BCUT2D eigenvalue weighted by molar-refractivity contribution is 5.96. The first kappa shape index (κ1) is 55.8. The average Bonchev–Trinajstić information content (AvgIpc) is 3.23. The Morgan fingerprint density at radius 2 is 0.984 bits per heavy atom. The van der Waals surface area contributed by atoms with Crippen LogP contribution in [0.2, 0.25) is 0 Å². The fraction of sp³-hybridized carbons (Fsp3) is 0.767. The number of hydrogen-bond acceptors (Lipinski definition) is 17. The molecule has 2 aliphatic heterocycles. The van der Waals surface area contributed by atoms with Gasteiger partial charge in [-0.1, -0.05) is 55.4 Å². The molecule has 0 spiro atoms. The molecule has 362 valence electrons. The highest BCUT2D eigenvalue weighted by Gasteiger charge is 2.49. The lowest BCUT2D eigenvalue weighted by Gasteiger charge is -2.48. The lowest BCUT2D eigenvalue weighted by atomic mass is 10.0. The Labute approximate surface area is 377 Å². The predicted octanol–water partition coefficient (Wildman–Crippen LogP) is -2.49. The first-order chi connectivity index (χ1) is 30.2. The van der Waals surface area contributed by atoms with Crippen LogP contribution in [0.15, 0.2) is 0 Å². The van der Waals surface area contributed by atoms with E-state index in [1.54, 1.807) is 0 Å². The van der Waals surface area contributed by atoms with Crippen LogP contribution >= 0.6 is 0 Å². The molecule has 2 fully saturated rings. The molecule has 2 rings (SSSR count). The van der Waals surface area contributed by atoms with Crippen molar-refractivity contribution in [3.05, 3.63) is 0 Å². The highest BCUT2D eigenvalue weighted by Crippen LogP contribution is 2.22. The second-order valence-corrected chi connectivity index (χ2v) is 18.4. The molecule has 0 aromatic heterocycles. The zero-order valence-corrected chi connectivity index (χ0v) is 38.9. The number of aliphatic hydroxyl groups excluding tert-OH is 1. The number of aliphatic hydroxyl groups is 1. The minimum Gasteiger partial charge on any atom is -0.391 e. The monoisotopic (exact) mass is 907 g/mol. The van der Waals surface area contributed by atoms with E-state index in [0.717, 1.165) is 14.7 Å². The molecule has 21 nitrogen and oxygen atoms in total. The maximum absolute atomic E-state index is 15.2. The van der Waals surface area contributed by atoms with Gasteiger partial charge in [0.15, 0.2) is 24.8 Å². The molecular formula is C43H74N10O11. The van der Waals surface area contributed by atoms with E-state index < -0.39 is 90.6 Å². The van der Waals surface area contributed by atoms with E-state index >= 15 is 9.59 Å². The van der Waals surface area contributed by atoms with E-state index in [2.05, 4.69) is 26.6 Å². The quantitative estimate of drug-likeness (QED) is 0.0367. The van der Waals surface area contributed by atoms with E-state index in [0.29, 0.717) is 44.1 Å². The van der Waals surface area contributed by atoms with Crippen molar-refractivity contribution >= 4 is 61.3 Å². The van der Waals surface area contributed by atoms with Gasteiger partial charge in [0.1, 0.15) is 37.6 Å². The van der Waals surface area contributed by atoms with Crippen molar-refractivity contribution in [2.75, 3.05) is 32.7 Å². The van der Waals surface area contributed by atoms with E-state index in [-0.39, 0.29) is 75.7 Å². The minimum absolute atomic E-state index is 0.0261. The first-order valence-corrected chi connectivity index (χ1v) is 22.3. The summed E-state index contributed by atoms with van der Waals surface area (Å²) in [5, 5.41) is 24.7. The van der Waals surface area contributed by atoms with Crippen LogP contribution in [0.25, 0.3) is 0 Å². The van der Waals surface area contributed by atoms with Crippen LogP contribution in [0.4, 0.5) is 0 Å². The van der Waals surface area contributed by atoms with Crippen LogP contribution in [-0.2, 0) is 47.9 Å². The number of carbonyl (C=O) groups excluding carboxylic acids is 10. The SMILES string of the molecule is CC(C)C[C@@H](C=O)N[C@H](CN)C(=O)N1CCN([C@@H](N[C@H](C=O)CC(C)C)C(=O)N2CCN([C@H](C=O)N[C@H](C=O)[C@@H](C)O)C(=O)[C@@H]2N[C@H](C=O)CC(C)C)C(=O)[C@@H]1N[C@H](C=O)CC(C)C. The third kappa shape index (κ3) is 15.9. The number of amides is 4. The Balaban J connectivity index is 2.78. The lowest BCUT2D eigenvalue weighted by Crippen LogP contribution is -2.75. The maximum Gasteiger partial charge on any atom is 0.262 e. The fourth-order valence-electron chi connectivity index (χ4n) is 7.95. The topological polar surface area (TPSA) is 290 Å². The molecule has 0 radical (unpaired) electrons. The van der Waals surface area contributed by atoms with Crippen molar-refractivity contribution in [3.63, 3.8) is 0 Å². The molecule has 8 N–H and O–H groups in total. The fourth-order valence-corrected chi connectivity index (χ4v) is 7.95. The summed E-state index contributed by atoms with van der Waals surface area (Å²) in [5.41, 5.74) is 6.07. The third-order valence-electron chi connectivity index (χ3n) is 11.1. The largest absolute Gasteiger partial charge is 0.391 e. The first-order valence-electron chi connectivity index (χ1n) is 22.3. The van der Waals surface area contributed by atoms with E-state index in [4.69, 9.17) is 5.73 Å². The minimum atomic E-state index is -1.66. The number of nitrogens with one attached hydrogen (secondary N) is 5. The van der Waals surface area contributed by atoms with Crippen LogP contribution in [0, 0.1) is 23.7 Å². The van der Waals surface area contributed by atoms with Gasteiger partial charge >= 0.3 is 0 Å². The van der Waals surface area contributed by atoms with Gasteiger partial charge in [-0.2, -0.15) is 0 Å². The third-order valence-corrected chi connectivity index (χ3v) is 11.1. The standard InChI is InChI=1S/C43H74N10O11/c1-25(2)14-30(19-54)45-34(18-44)40(61)51-12-13-53(42(63)38(51)47-32(21-56)16-27(5)6)39(48-33(22-57)17-28(7)8)43(64)52-11-10-50(36(24-59)49-35(23-58)29(9)60)41(62)37(52)46-31(20-55)15-26(3)4/h19-39,45-49,60H,10-18,44H2,1-9H3/t29-,30+,31+,32+,33+,34-,35-,36-,37-,38-,39-/m1/s1. The number of rotatable bonds is 30. The number of nitrogens with zero attached hydrogens (tertiary/aromatic N) is 4. The van der Waals surface area contributed by atoms with E-state index in [9.17, 15) is 43.5 Å². The molecule has 2 aliphatic rings. The summed E-state index contributed by atoms with van der Waals surface area (Å²) >= 11 is 0. The summed E-state index contributed by atoms with van der Waals surface area (Å²) in [6.07, 6.45) is -3.12. The highest BCUT2D eigenvalue weighted by atomic mass is 16.3. The average molecular weight is 907 g/mol. The molecule has 0 unspecified atom stereocenters. The summed E-state index contributed by atoms with van der Waals surface area (Å²) in [7, 11) is 0. The van der Waals surface area contributed by atoms with Crippen LogP contribution in [0.3, 0.4) is 0 Å².